The molecule has 0 heterocycles. The van der Waals surface area contributed by atoms with Gasteiger partial charge in [0, 0.05) is 21.2 Å². The first kappa shape index (κ1) is 24.1. The second-order valence-corrected chi connectivity index (χ2v) is 10.1. The van der Waals surface area contributed by atoms with E-state index in [9.17, 15) is 18.3 Å². The molecule has 1 atom stereocenters. The number of anilines is 1. The SMILES string of the molecule is Cc1ccc(S(=O)(=O)N(CC(N)=O)c2ccc(Cl)cc2C(O)c2ccccc2Cl)cc1C. The third-order valence-corrected chi connectivity index (χ3v) is 7.45. The average Bonchev–Trinajstić information content (AvgIpc) is 2.73. The van der Waals surface area contributed by atoms with E-state index in [-0.39, 0.29) is 21.2 Å². The van der Waals surface area contributed by atoms with Crippen LogP contribution >= 0.6 is 23.2 Å². The average molecular weight is 493 g/mol. The van der Waals surface area contributed by atoms with Crippen molar-refractivity contribution >= 4 is 44.8 Å². The van der Waals surface area contributed by atoms with Gasteiger partial charge in [0.2, 0.25) is 5.91 Å². The van der Waals surface area contributed by atoms with E-state index in [0.717, 1.165) is 15.4 Å². The van der Waals surface area contributed by atoms with Crippen molar-refractivity contribution in [2.75, 3.05) is 10.8 Å². The van der Waals surface area contributed by atoms with E-state index in [4.69, 9.17) is 28.9 Å². The lowest BCUT2D eigenvalue weighted by molar-refractivity contribution is -0.116. The van der Waals surface area contributed by atoms with Crippen molar-refractivity contribution in [3.8, 4) is 0 Å². The molecule has 3 rings (SSSR count). The first-order valence-electron chi connectivity index (χ1n) is 9.62. The van der Waals surface area contributed by atoms with Crippen molar-refractivity contribution in [2.45, 2.75) is 24.8 Å². The molecule has 0 radical (unpaired) electrons. The highest BCUT2D eigenvalue weighted by molar-refractivity contribution is 7.92. The molecule has 0 saturated carbocycles. The molecule has 0 aromatic heterocycles. The largest absolute Gasteiger partial charge is 0.384 e. The van der Waals surface area contributed by atoms with Gasteiger partial charge in [-0.05, 0) is 61.4 Å². The first-order valence-corrected chi connectivity index (χ1v) is 11.8. The summed E-state index contributed by atoms with van der Waals surface area (Å²) in [6, 6.07) is 15.7. The Bertz CT molecular complexity index is 1280. The number of carbonyl (C=O) groups is 1. The van der Waals surface area contributed by atoms with Crippen molar-refractivity contribution in [1.82, 2.24) is 0 Å². The number of rotatable bonds is 7. The number of hydrogen-bond donors (Lipinski definition) is 2. The van der Waals surface area contributed by atoms with Crippen LogP contribution in [0.1, 0.15) is 28.4 Å². The number of carbonyl (C=O) groups excluding carboxylic acids is 1. The van der Waals surface area contributed by atoms with Gasteiger partial charge in [-0.15, -0.1) is 0 Å². The van der Waals surface area contributed by atoms with Crippen molar-refractivity contribution in [1.29, 1.82) is 0 Å². The Hall–Kier alpha value is -2.58. The number of aryl methyl sites for hydroxylation is 2. The van der Waals surface area contributed by atoms with Gasteiger partial charge < -0.3 is 10.8 Å². The molecule has 1 amide bonds. The van der Waals surface area contributed by atoms with E-state index >= 15 is 0 Å². The van der Waals surface area contributed by atoms with E-state index < -0.39 is 28.6 Å². The van der Waals surface area contributed by atoms with Gasteiger partial charge in [-0.1, -0.05) is 47.5 Å². The summed E-state index contributed by atoms with van der Waals surface area (Å²) < 4.78 is 28.0. The van der Waals surface area contributed by atoms with Crippen LogP contribution in [0, 0.1) is 13.8 Å². The lowest BCUT2D eigenvalue weighted by Gasteiger charge is -2.28. The molecule has 32 heavy (non-hydrogen) atoms. The van der Waals surface area contributed by atoms with Crippen LogP contribution in [0.4, 0.5) is 5.69 Å². The number of aliphatic hydroxyl groups is 1. The molecule has 0 fully saturated rings. The molecule has 3 N–H and O–H groups in total. The maximum absolute atomic E-state index is 13.6. The number of amides is 1. The molecule has 6 nitrogen and oxygen atoms in total. The molecule has 0 aliphatic carbocycles. The Kier molecular flexibility index (Phi) is 7.15. The number of hydrogen-bond acceptors (Lipinski definition) is 4. The van der Waals surface area contributed by atoms with Gasteiger partial charge in [0.15, 0.2) is 0 Å². The molecule has 0 bridgehead atoms. The zero-order valence-corrected chi connectivity index (χ0v) is 19.7. The summed E-state index contributed by atoms with van der Waals surface area (Å²) in [4.78, 5) is 11.9. The standard InChI is InChI=1S/C23H22Cl2N2O4S/c1-14-7-9-17(11-15(14)2)32(30,31)27(13-22(26)28)21-10-8-16(24)12-19(21)23(29)18-5-3-4-6-20(18)25/h3-12,23,29H,13H2,1-2H3,(H2,26,28). The topological polar surface area (TPSA) is 101 Å². The van der Waals surface area contributed by atoms with Crippen LogP contribution in [-0.4, -0.2) is 26.0 Å². The minimum atomic E-state index is -4.20. The second-order valence-electron chi connectivity index (χ2n) is 7.35. The van der Waals surface area contributed by atoms with E-state index in [2.05, 4.69) is 0 Å². The second kappa shape index (κ2) is 9.50. The van der Waals surface area contributed by atoms with Gasteiger partial charge in [-0.25, -0.2) is 8.42 Å². The molecule has 0 saturated heterocycles. The molecule has 3 aromatic carbocycles. The minimum Gasteiger partial charge on any atom is -0.384 e. The summed E-state index contributed by atoms with van der Waals surface area (Å²) in [7, 11) is -4.20. The van der Waals surface area contributed by atoms with Gasteiger partial charge in [0.1, 0.15) is 12.6 Å². The lowest BCUT2D eigenvalue weighted by Crippen LogP contribution is -2.39. The first-order chi connectivity index (χ1) is 15.0. The maximum Gasteiger partial charge on any atom is 0.264 e. The Balaban J connectivity index is 2.22. The molecule has 9 heteroatoms. The zero-order valence-electron chi connectivity index (χ0n) is 17.4. The van der Waals surface area contributed by atoms with E-state index in [1.54, 1.807) is 37.3 Å². The summed E-state index contributed by atoms with van der Waals surface area (Å²) in [6.07, 6.45) is -1.30. The summed E-state index contributed by atoms with van der Waals surface area (Å²) in [6.45, 7) is 3.03. The van der Waals surface area contributed by atoms with Crippen LogP contribution in [0.5, 0.6) is 0 Å². The van der Waals surface area contributed by atoms with Crippen LogP contribution < -0.4 is 10.0 Å². The van der Waals surface area contributed by atoms with Crippen molar-refractivity contribution in [2.24, 2.45) is 5.73 Å². The smallest absolute Gasteiger partial charge is 0.264 e. The van der Waals surface area contributed by atoms with Crippen LogP contribution in [0.15, 0.2) is 65.6 Å². The fourth-order valence-electron chi connectivity index (χ4n) is 3.28. The van der Waals surface area contributed by atoms with Gasteiger partial charge in [-0.3, -0.25) is 9.10 Å². The van der Waals surface area contributed by atoms with Crippen LogP contribution in [0.25, 0.3) is 0 Å². The summed E-state index contributed by atoms with van der Waals surface area (Å²) in [5.41, 5.74) is 7.69. The highest BCUT2D eigenvalue weighted by atomic mass is 35.5. The number of nitrogens with two attached hydrogens (primary N) is 1. The van der Waals surface area contributed by atoms with Crippen molar-refractivity contribution in [3.05, 3.63) is 93.0 Å². The Morgan fingerprint density at radius 2 is 1.69 bits per heavy atom. The number of halogens is 2. The highest BCUT2D eigenvalue weighted by Crippen LogP contribution is 2.37. The van der Waals surface area contributed by atoms with Crippen LogP contribution in [0.3, 0.4) is 0 Å². The number of primary amides is 1. The monoisotopic (exact) mass is 492 g/mol. The predicted octanol–water partition coefficient (Wildman–Crippen LogP) is 4.37. The van der Waals surface area contributed by atoms with Crippen LogP contribution in [0.2, 0.25) is 10.0 Å². The Morgan fingerprint density at radius 1 is 1.00 bits per heavy atom. The molecule has 0 aliphatic heterocycles. The molecule has 168 valence electrons. The van der Waals surface area contributed by atoms with Crippen LogP contribution in [-0.2, 0) is 14.8 Å². The number of nitrogens with zero attached hydrogens (tertiary/aromatic N) is 1. The van der Waals surface area contributed by atoms with Gasteiger partial charge in [-0.2, -0.15) is 0 Å². The van der Waals surface area contributed by atoms with E-state index in [1.165, 1.54) is 30.3 Å². The minimum absolute atomic E-state index is 0.00465. The van der Waals surface area contributed by atoms with E-state index in [0.29, 0.717) is 10.6 Å². The normalized spacial score (nSPS) is 12.4. The Labute approximate surface area is 197 Å². The number of benzene rings is 3. The molecule has 3 aromatic rings. The molecular weight excluding hydrogens is 471 g/mol. The summed E-state index contributed by atoms with van der Waals surface area (Å²) in [5, 5.41) is 11.7. The molecule has 0 spiro atoms. The molecular formula is C23H22Cl2N2O4S. The van der Waals surface area contributed by atoms with Gasteiger partial charge >= 0.3 is 0 Å². The number of aliphatic hydroxyl groups excluding tert-OH is 1. The quantitative estimate of drug-likeness (QED) is 0.511. The number of sulfonamides is 1. The zero-order chi connectivity index (χ0) is 23.6. The molecule has 1 unspecified atom stereocenters. The summed E-state index contributed by atoms with van der Waals surface area (Å²) in [5.74, 6) is -0.856. The molecule has 0 aliphatic rings. The third kappa shape index (κ3) is 4.91. The fraction of sp³-hybridized carbons (Fsp3) is 0.174. The van der Waals surface area contributed by atoms with Crippen molar-refractivity contribution < 1.29 is 18.3 Å². The fourth-order valence-corrected chi connectivity index (χ4v) is 5.24. The lowest BCUT2D eigenvalue weighted by atomic mass is 9.99. The van der Waals surface area contributed by atoms with E-state index in [1.807, 2.05) is 6.92 Å². The third-order valence-electron chi connectivity index (χ3n) is 5.12. The van der Waals surface area contributed by atoms with Gasteiger partial charge in [0.25, 0.3) is 10.0 Å². The summed E-state index contributed by atoms with van der Waals surface area (Å²) >= 11 is 12.4. The maximum atomic E-state index is 13.6. The predicted molar refractivity (Wildman–Crippen MR) is 127 cm³/mol. The van der Waals surface area contributed by atoms with Crippen molar-refractivity contribution in [3.63, 3.8) is 0 Å². The highest BCUT2D eigenvalue weighted by Gasteiger charge is 2.31. The Morgan fingerprint density at radius 3 is 2.31 bits per heavy atom. The van der Waals surface area contributed by atoms with Gasteiger partial charge in [0.05, 0.1) is 10.6 Å².